The van der Waals surface area contributed by atoms with Crippen LogP contribution >= 0.6 is 0 Å². The fraction of sp³-hybridized carbons (Fsp3) is 0.895. The molecule has 0 atom stereocenters. The van der Waals surface area contributed by atoms with Gasteiger partial charge in [0.25, 0.3) is 0 Å². The number of hydrogen-bond acceptors (Lipinski definition) is 3. The zero-order chi connectivity index (χ0) is 15.9. The second-order valence-electron chi connectivity index (χ2n) is 6.71. The molecule has 0 radical (unpaired) electrons. The Morgan fingerprint density at radius 1 is 0.773 bits per heavy atom. The molecule has 0 spiro atoms. The Labute approximate surface area is 138 Å². The quantitative estimate of drug-likeness (QED) is 0.380. The highest BCUT2D eigenvalue weighted by molar-refractivity contribution is 4.87. The van der Waals surface area contributed by atoms with Crippen LogP contribution in [0.15, 0.2) is 12.4 Å². The van der Waals surface area contributed by atoms with E-state index in [1.807, 2.05) is 0 Å². The summed E-state index contributed by atoms with van der Waals surface area (Å²) in [7, 11) is 2.09. The fourth-order valence-corrected chi connectivity index (χ4v) is 2.90. The zero-order valence-corrected chi connectivity index (χ0v) is 15.1. The van der Waals surface area contributed by atoms with E-state index in [0.717, 1.165) is 20.0 Å². The molecule has 3 nitrogen and oxygen atoms in total. The van der Waals surface area contributed by atoms with Crippen LogP contribution in [0.2, 0.25) is 0 Å². The summed E-state index contributed by atoms with van der Waals surface area (Å²) >= 11 is 0. The first-order chi connectivity index (χ1) is 10.8. The molecular weight excluding hydrogens is 272 g/mol. The number of unbranched alkanes of at least 4 members (excludes halogenated alkanes) is 11. The van der Waals surface area contributed by atoms with Crippen LogP contribution in [0.1, 0.15) is 84.0 Å². The van der Waals surface area contributed by atoms with Gasteiger partial charge in [0, 0.05) is 26.1 Å². The van der Waals surface area contributed by atoms with E-state index < -0.39 is 0 Å². The number of ether oxygens (including phenoxy) is 1. The highest BCUT2D eigenvalue weighted by Crippen LogP contribution is 2.12. The molecule has 22 heavy (non-hydrogen) atoms. The van der Waals surface area contributed by atoms with Crippen LogP contribution in [0.4, 0.5) is 0 Å². The van der Waals surface area contributed by atoms with Gasteiger partial charge in [0.15, 0.2) is 0 Å². The Bertz CT molecular complexity index is 268. The molecule has 1 aliphatic rings. The molecule has 0 aromatic carbocycles. The van der Waals surface area contributed by atoms with E-state index in [1.54, 1.807) is 0 Å². The van der Waals surface area contributed by atoms with Crippen LogP contribution in [0.3, 0.4) is 0 Å². The average Bonchev–Trinajstić information content (AvgIpc) is 2.93. The molecule has 0 unspecified atom stereocenters. The summed E-state index contributed by atoms with van der Waals surface area (Å²) in [6, 6.07) is 0. The van der Waals surface area contributed by atoms with Gasteiger partial charge in [0.1, 0.15) is 6.73 Å². The number of nitrogens with zero attached hydrogens (tertiary/aromatic N) is 2. The summed E-state index contributed by atoms with van der Waals surface area (Å²) in [6.45, 7) is 4.88. The van der Waals surface area contributed by atoms with Crippen molar-refractivity contribution in [2.75, 3.05) is 27.1 Å². The lowest BCUT2D eigenvalue weighted by Gasteiger charge is -2.17. The van der Waals surface area contributed by atoms with E-state index >= 15 is 0 Å². The summed E-state index contributed by atoms with van der Waals surface area (Å²) in [5, 5.41) is 0. The van der Waals surface area contributed by atoms with Crippen LogP contribution in [-0.2, 0) is 4.74 Å². The third kappa shape index (κ3) is 10.9. The smallest absolute Gasteiger partial charge is 0.119 e. The first-order valence-electron chi connectivity index (χ1n) is 9.53. The van der Waals surface area contributed by atoms with Crippen molar-refractivity contribution in [1.82, 2.24) is 9.80 Å². The van der Waals surface area contributed by atoms with Gasteiger partial charge in [-0.05, 0) is 6.42 Å². The van der Waals surface area contributed by atoms with Crippen molar-refractivity contribution < 1.29 is 4.74 Å². The Hall–Kier alpha value is -0.700. The monoisotopic (exact) mass is 310 g/mol. The molecule has 0 saturated heterocycles. The van der Waals surface area contributed by atoms with E-state index in [-0.39, 0.29) is 0 Å². The Balaban J connectivity index is 1.69. The Kier molecular flexibility index (Phi) is 12.2. The fourth-order valence-electron chi connectivity index (χ4n) is 2.90. The first kappa shape index (κ1) is 19.3. The summed E-state index contributed by atoms with van der Waals surface area (Å²) < 4.78 is 5.71. The molecule has 0 aliphatic carbocycles. The maximum Gasteiger partial charge on any atom is 0.119 e. The number of rotatable bonds is 15. The van der Waals surface area contributed by atoms with E-state index in [2.05, 4.69) is 36.2 Å². The molecule has 0 fully saturated rings. The molecule has 0 amide bonds. The van der Waals surface area contributed by atoms with E-state index in [4.69, 9.17) is 4.74 Å². The molecule has 0 bridgehead atoms. The zero-order valence-electron chi connectivity index (χ0n) is 15.1. The molecule has 1 aliphatic heterocycles. The van der Waals surface area contributed by atoms with Crippen LogP contribution in [0.25, 0.3) is 0 Å². The largest absolute Gasteiger partial charge is 0.362 e. The summed E-state index contributed by atoms with van der Waals surface area (Å²) in [5.74, 6) is 0. The van der Waals surface area contributed by atoms with Crippen LogP contribution in [0, 0.1) is 0 Å². The van der Waals surface area contributed by atoms with Crippen LogP contribution < -0.4 is 0 Å². The van der Waals surface area contributed by atoms with Gasteiger partial charge in [-0.3, -0.25) is 0 Å². The van der Waals surface area contributed by atoms with Gasteiger partial charge < -0.3 is 14.5 Å². The Morgan fingerprint density at radius 2 is 1.32 bits per heavy atom. The van der Waals surface area contributed by atoms with Gasteiger partial charge in [-0.1, -0.05) is 77.6 Å². The molecule has 130 valence electrons. The first-order valence-corrected chi connectivity index (χ1v) is 9.53. The van der Waals surface area contributed by atoms with Crippen molar-refractivity contribution in [1.29, 1.82) is 0 Å². The summed E-state index contributed by atoms with van der Waals surface area (Å²) in [6.07, 6.45) is 21.0. The lowest BCUT2D eigenvalue weighted by molar-refractivity contribution is 0.0449. The van der Waals surface area contributed by atoms with Gasteiger partial charge in [-0.15, -0.1) is 0 Å². The predicted molar refractivity (Wildman–Crippen MR) is 95.5 cm³/mol. The predicted octanol–water partition coefficient (Wildman–Crippen LogP) is 5.34. The average molecular weight is 311 g/mol. The molecular formula is C19H38N2O. The van der Waals surface area contributed by atoms with Gasteiger partial charge in [-0.25, -0.2) is 0 Å². The van der Waals surface area contributed by atoms with Crippen LogP contribution in [-0.4, -0.2) is 36.9 Å². The van der Waals surface area contributed by atoms with Gasteiger partial charge in [0.2, 0.25) is 0 Å². The molecule has 1 rings (SSSR count). The van der Waals surface area contributed by atoms with Crippen LogP contribution in [0.5, 0.6) is 0 Å². The third-order valence-corrected chi connectivity index (χ3v) is 4.34. The van der Waals surface area contributed by atoms with E-state index in [9.17, 15) is 0 Å². The Morgan fingerprint density at radius 3 is 1.82 bits per heavy atom. The van der Waals surface area contributed by atoms with Crippen molar-refractivity contribution in [2.24, 2.45) is 0 Å². The highest BCUT2D eigenvalue weighted by Gasteiger charge is 2.06. The second kappa shape index (κ2) is 13.9. The molecule has 0 aromatic heterocycles. The topological polar surface area (TPSA) is 15.7 Å². The van der Waals surface area contributed by atoms with Crippen molar-refractivity contribution in [3.63, 3.8) is 0 Å². The van der Waals surface area contributed by atoms with Gasteiger partial charge in [-0.2, -0.15) is 0 Å². The van der Waals surface area contributed by atoms with Crippen molar-refractivity contribution in [3.8, 4) is 0 Å². The maximum absolute atomic E-state index is 5.71. The standard InChI is InChI=1S/C19H38N2O/c1-3-4-5-6-7-8-9-10-11-12-13-14-17-22-19-21-16-15-20(2)18-21/h15-16H,3-14,17-19H2,1-2H3. The van der Waals surface area contributed by atoms with Crippen molar-refractivity contribution >= 4 is 0 Å². The lowest BCUT2D eigenvalue weighted by atomic mass is 10.1. The lowest BCUT2D eigenvalue weighted by Crippen LogP contribution is -2.24. The van der Waals surface area contributed by atoms with Crippen molar-refractivity contribution in [3.05, 3.63) is 12.4 Å². The SMILES string of the molecule is CCCCCCCCCCCCCCOCN1C=CN(C)C1. The summed E-state index contributed by atoms with van der Waals surface area (Å²) in [5.41, 5.74) is 0. The minimum absolute atomic E-state index is 0.735. The molecule has 3 heteroatoms. The van der Waals surface area contributed by atoms with E-state index in [0.29, 0.717) is 0 Å². The van der Waals surface area contributed by atoms with Gasteiger partial charge in [0.05, 0.1) is 6.67 Å². The van der Waals surface area contributed by atoms with E-state index in [1.165, 1.54) is 77.0 Å². The summed E-state index contributed by atoms with van der Waals surface area (Å²) in [4.78, 5) is 4.35. The van der Waals surface area contributed by atoms with Crippen molar-refractivity contribution in [2.45, 2.75) is 84.0 Å². The highest BCUT2D eigenvalue weighted by atomic mass is 16.5. The third-order valence-electron chi connectivity index (χ3n) is 4.34. The molecule has 0 N–H and O–H groups in total. The molecule has 0 saturated carbocycles. The molecule has 1 heterocycles. The normalized spacial score (nSPS) is 14.3. The molecule has 0 aromatic rings. The number of hydrogen-bond donors (Lipinski definition) is 0. The van der Waals surface area contributed by atoms with Gasteiger partial charge >= 0.3 is 0 Å². The minimum Gasteiger partial charge on any atom is -0.362 e. The maximum atomic E-state index is 5.71. The second-order valence-corrected chi connectivity index (χ2v) is 6.71. The minimum atomic E-state index is 0.735.